The van der Waals surface area contributed by atoms with E-state index in [1.807, 2.05) is 48.5 Å². The third kappa shape index (κ3) is 5.34. The van der Waals surface area contributed by atoms with E-state index in [0.717, 1.165) is 31.0 Å². The molecule has 0 fully saturated rings. The number of nitrogens with one attached hydrogen (secondary N) is 3. The Balaban J connectivity index is 1.58. The fraction of sp³-hybridized carbons (Fsp3) is 0.200. The van der Waals surface area contributed by atoms with Gasteiger partial charge < -0.3 is 16.0 Å². The van der Waals surface area contributed by atoms with Gasteiger partial charge in [0, 0.05) is 31.5 Å². The number of thiocarbonyl (C=S) groups is 1. The zero-order chi connectivity index (χ0) is 14.0. The molecule has 4 nitrogen and oxygen atoms in total. The first-order chi connectivity index (χ1) is 9.84. The highest BCUT2D eigenvalue weighted by Gasteiger charge is 1.96. The van der Waals surface area contributed by atoms with Crippen LogP contribution in [0.2, 0.25) is 0 Å². The van der Waals surface area contributed by atoms with Gasteiger partial charge in [-0.3, -0.25) is 4.98 Å². The Morgan fingerprint density at radius 3 is 2.55 bits per heavy atom. The normalized spacial score (nSPS) is 10.0. The van der Waals surface area contributed by atoms with E-state index in [1.54, 1.807) is 6.20 Å². The molecule has 0 saturated carbocycles. The Morgan fingerprint density at radius 2 is 1.80 bits per heavy atom. The fourth-order valence-electron chi connectivity index (χ4n) is 1.68. The van der Waals surface area contributed by atoms with E-state index < -0.39 is 0 Å². The summed E-state index contributed by atoms with van der Waals surface area (Å²) in [5, 5.41) is 10.2. The monoisotopic (exact) mass is 286 g/mol. The molecule has 0 aliphatic carbocycles. The fourth-order valence-corrected chi connectivity index (χ4v) is 1.90. The first kappa shape index (κ1) is 14.4. The van der Waals surface area contributed by atoms with Crippen LogP contribution in [0.4, 0.5) is 5.69 Å². The van der Waals surface area contributed by atoms with Gasteiger partial charge in [0.15, 0.2) is 5.11 Å². The lowest BCUT2D eigenvalue weighted by Crippen LogP contribution is -2.34. The summed E-state index contributed by atoms with van der Waals surface area (Å²) in [6.45, 7) is 2.36. The van der Waals surface area contributed by atoms with Gasteiger partial charge in [0.25, 0.3) is 0 Å². The minimum Gasteiger partial charge on any atom is -0.361 e. The van der Waals surface area contributed by atoms with Gasteiger partial charge in [-0.2, -0.15) is 0 Å². The van der Waals surface area contributed by atoms with E-state index in [4.69, 9.17) is 12.2 Å². The second-order valence-electron chi connectivity index (χ2n) is 4.24. The summed E-state index contributed by atoms with van der Waals surface area (Å²) in [7, 11) is 0. The number of rotatable bonds is 6. The van der Waals surface area contributed by atoms with E-state index in [0.29, 0.717) is 5.11 Å². The van der Waals surface area contributed by atoms with Crippen molar-refractivity contribution in [1.82, 2.24) is 15.6 Å². The lowest BCUT2D eigenvalue weighted by Gasteiger charge is -2.10. The van der Waals surface area contributed by atoms with Crippen molar-refractivity contribution in [3.05, 3.63) is 60.4 Å². The highest BCUT2D eigenvalue weighted by atomic mass is 32.1. The maximum Gasteiger partial charge on any atom is 0.170 e. The SMILES string of the molecule is S=C(NCCNCc1ccccn1)Nc1ccccc1. The molecule has 1 aromatic carbocycles. The van der Waals surface area contributed by atoms with Crippen molar-refractivity contribution >= 4 is 23.0 Å². The highest BCUT2D eigenvalue weighted by Crippen LogP contribution is 2.03. The number of anilines is 1. The molecule has 2 aromatic rings. The van der Waals surface area contributed by atoms with E-state index in [1.165, 1.54) is 0 Å². The molecular weight excluding hydrogens is 268 g/mol. The average Bonchev–Trinajstić information content (AvgIpc) is 2.49. The lowest BCUT2D eigenvalue weighted by molar-refractivity contribution is 0.663. The van der Waals surface area contributed by atoms with E-state index in [2.05, 4.69) is 20.9 Å². The standard InChI is InChI=1S/C15H18N4S/c20-15(19-13-6-2-1-3-7-13)18-11-10-16-12-14-8-4-5-9-17-14/h1-9,16H,10-12H2,(H2,18,19,20). The number of pyridine rings is 1. The summed E-state index contributed by atoms with van der Waals surface area (Å²) < 4.78 is 0. The summed E-state index contributed by atoms with van der Waals surface area (Å²) in [6, 6.07) is 15.8. The smallest absolute Gasteiger partial charge is 0.170 e. The van der Waals surface area contributed by atoms with Gasteiger partial charge in [-0.25, -0.2) is 0 Å². The third-order valence-electron chi connectivity index (χ3n) is 2.65. The molecule has 3 N–H and O–H groups in total. The molecule has 20 heavy (non-hydrogen) atoms. The van der Waals surface area contributed by atoms with Crippen LogP contribution in [0, 0.1) is 0 Å². The Bertz CT molecular complexity index is 516. The average molecular weight is 286 g/mol. The zero-order valence-corrected chi connectivity index (χ0v) is 12.0. The first-order valence-electron chi connectivity index (χ1n) is 6.55. The molecule has 104 valence electrons. The largest absolute Gasteiger partial charge is 0.361 e. The lowest BCUT2D eigenvalue weighted by atomic mass is 10.3. The summed E-state index contributed by atoms with van der Waals surface area (Å²) in [5.41, 5.74) is 2.03. The van der Waals surface area contributed by atoms with Crippen LogP contribution in [0.25, 0.3) is 0 Å². The van der Waals surface area contributed by atoms with Crippen LogP contribution in [-0.2, 0) is 6.54 Å². The van der Waals surface area contributed by atoms with Gasteiger partial charge in [-0.15, -0.1) is 0 Å². The van der Waals surface area contributed by atoms with E-state index in [9.17, 15) is 0 Å². The minimum absolute atomic E-state index is 0.635. The van der Waals surface area contributed by atoms with Crippen molar-refractivity contribution in [3.63, 3.8) is 0 Å². The number of para-hydroxylation sites is 1. The Labute approximate surface area is 124 Å². The molecule has 0 saturated heterocycles. The van der Waals surface area contributed by atoms with Crippen LogP contribution in [0.3, 0.4) is 0 Å². The van der Waals surface area contributed by atoms with Crippen LogP contribution in [-0.4, -0.2) is 23.2 Å². The van der Waals surface area contributed by atoms with Crippen LogP contribution in [0.15, 0.2) is 54.7 Å². The molecule has 0 atom stereocenters. The number of aromatic nitrogens is 1. The Morgan fingerprint density at radius 1 is 1.00 bits per heavy atom. The van der Waals surface area contributed by atoms with Crippen molar-refractivity contribution in [2.24, 2.45) is 0 Å². The molecular formula is C15H18N4S. The van der Waals surface area contributed by atoms with Gasteiger partial charge in [0.2, 0.25) is 0 Å². The number of hydrogen-bond donors (Lipinski definition) is 3. The van der Waals surface area contributed by atoms with Crippen LogP contribution in [0.1, 0.15) is 5.69 Å². The molecule has 2 rings (SSSR count). The predicted molar refractivity (Wildman–Crippen MR) is 86.6 cm³/mol. The summed E-state index contributed by atoms with van der Waals surface area (Å²) >= 11 is 5.22. The molecule has 1 heterocycles. The molecule has 0 aliphatic rings. The molecule has 0 amide bonds. The molecule has 0 spiro atoms. The molecule has 0 aliphatic heterocycles. The summed E-state index contributed by atoms with van der Waals surface area (Å²) in [5.74, 6) is 0. The van der Waals surface area contributed by atoms with Crippen LogP contribution in [0.5, 0.6) is 0 Å². The molecule has 0 radical (unpaired) electrons. The maximum atomic E-state index is 5.22. The maximum absolute atomic E-state index is 5.22. The number of benzene rings is 1. The van der Waals surface area contributed by atoms with Crippen molar-refractivity contribution in [1.29, 1.82) is 0 Å². The van der Waals surface area contributed by atoms with Crippen LogP contribution >= 0.6 is 12.2 Å². The third-order valence-corrected chi connectivity index (χ3v) is 2.90. The van der Waals surface area contributed by atoms with Gasteiger partial charge in [0.05, 0.1) is 5.69 Å². The first-order valence-corrected chi connectivity index (χ1v) is 6.96. The molecule has 1 aromatic heterocycles. The molecule has 0 bridgehead atoms. The second-order valence-corrected chi connectivity index (χ2v) is 4.65. The molecule has 5 heteroatoms. The van der Waals surface area contributed by atoms with Crippen molar-refractivity contribution in [3.8, 4) is 0 Å². The predicted octanol–water partition coefficient (Wildman–Crippen LogP) is 2.16. The molecule has 0 unspecified atom stereocenters. The Hall–Kier alpha value is -1.98. The number of nitrogens with zero attached hydrogens (tertiary/aromatic N) is 1. The quantitative estimate of drug-likeness (QED) is 0.561. The summed E-state index contributed by atoms with van der Waals surface area (Å²) in [6.07, 6.45) is 1.80. The minimum atomic E-state index is 0.635. The van der Waals surface area contributed by atoms with Gasteiger partial charge in [0.1, 0.15) is 0 Å². The van der Waals surface area contributed by atoms with Gasteiger partial charge in [-0.05, 0) is 36.5 Å². The van der Waals surface area contributed by atoms with E-state index in [-0.39, 0.29) is 0 Å². The summed E-state index contributed by atoms with van der Waals surface area (Å²) in [4.78, 5) is 4.25. The zero-order valence-electron chi connectivity index (χ0n) is 11.2. The van der Waals surface area contributed by atoms with Crippen LogP contribution < -0.4 is 16.0 Å². The van der Waals surface area contributed by atoms with Gasteiger partial charge in [-0.1, -0.05) is 24.3 Å². The van der Waals surface area contributed by atoms with Gasteiger partial charge >= 0.3 is 0 Å². The number of hydrogen-bond acceptors (Lipinski definition) is 3. The highest BCUT2D eigenvalue weighted by molar-refractivity contribution is 7.80. The topological polar surface area (TPSA) is 49.0 Å². The second kappa shape index (κ2) is 8.24. The van der Waals surface area contributed by atoms with E-state index >= 15 is 0 Å². The van der Waals surface area contributed by atoms with Crippen molar-refractivity contribution in [2.75, 3.05) is 18.4 Å². The Kier molecular flexibility index (Phi) is 5.95. The van der Waals surface area contributed by atoms with Crippen molar-refractivity contribution < 1.29 is 0 Å². The van der Waals surface area contributed by atoms with Crippen molar-refractivity contribution in [2.45, 2.75) is 6.54 Å².